The fourth-order valence-corrected chi connectivity index (χ4v) is 2.94. The van der Waals surface area contributed by atoms with Gasteiger partial charge in [-0.3, -0.25) is 4.79 Å². The van der Waals surface area contributed by atoms with E-state index < -0.39 is 6.10 Å². The van der Waals surface area contributed by atoms with Crippen LogP contribution in [-0.2, 0) is 9.53 Å². The fourth-order valence-electron chi connectivity index (χ4n) is 2.94. The van der Waals surface area contributed by atoms with Crippen molar-refractivity contribution >= 4 is 18.3 Å². The maximum absolute atomic E-state index is 12.4. The summed E-state index contributed by atoms with van der Waals surface area (Å²) in [7, 11) is 1.62. The SMILES string of the molecule is COc1cc(C(C)NC(=O)[C@@H]2CC[C@H](CN)O2)ccc1OCCC(C)C.Cl. The Morgan fingerprint density at radius 2 is 2.04 bits per heavy atom. The predicted molar refractivity (Wildman–Crippen MR) is 109 cm³/mol. The van der Waals surface area contributed by atoms with E-state index in [2.05, 4.69) is 19.2 Å². The predicted octanol–water partition coefficient (Wildman–Crippen LogP) is 3.23. The molecule has 0 aliphatic carbocycles. The van der Waals surface area contributed by atoms with Gasteiger partial charge in [0.25, 0.3) is 0 Å². The van der Waals surface area contributed by atoms with Crippen LogP contribution in [0.25, 0.3) is 0 Å². The van der Waals surface area contributed by atoms with Crippen molar-refractivity contribution in [2.24, 2.45) is 11.7 Å². The average Bonchev–Trinajstić information content (AvgIpc) is 3.10. The zero-order valence-corrected chi connectivity index (χ0v) is 17.5. The number of carbonyl (C=O) groups is 1. The number of ether oxygens (including phenoxy) is 3. The average molecular weight is 401 g/mol. The van der Waals surface area contributed by atoms with E-state index in [0.717, 1.165) is 24.2 Å². The van der Waals surface area contributed by atoms with Crippen LogP contribution in [0.4, 0.5) is 0 Å². The minimum absolute atomic E-state index is 0. The minimum atomic E-state index is -0.411. The zero-order valence-electron chi connectivity index (χ0n) is 16.7. The van der Waals surface area contributed by atoms with Gasteiger partial charge in [-0.2, -0.15) is 0 Å². The van der Waals surface area contributed by atoms with E-state index in [-0.39, 0.29) is 30.5 Å². The molecule has 154 valence electrons. The number of halogens is 1. The van der Waals surface area contributed by atoms with Crippen LogP contribution in [0.5, 0.6) is 11.5 Å². The van der Waals surface area contributed by atoms with Gasteiger partial charge in [0, 0.05) is 6.54 Å². The van der Waals surface area contributed by atoms with Gasteiger partial charge in [-0.05, 0) is 49.8 Å². The molecule has 1 aliphatic heterocycles. The second-order valence-electron chi connectivity index (χ2n) is 7.23. The zero-order chi connectivity index (χ0) is 19.1. The topological polar surface area (TPSA) is 82.8 Å². The lowest BCUT2D eigenvalue weighted by molar-refractivity contribution is -0.132. The van der Waals surface area contributed by atoms with Crippen LogP contribution in [0.1, 0.15) is 51.6 Å². The van der Waals surface area contributed by atoms with E-state index in [1.807, 2.05) is 25.1 Å². The van der Waals surface area contributed by atoms with Crippen molar-refractivity contribution in [1.29, 1.82) is 0 Å². The number of benzene rings is 1. The van der Waals surface area contributed by atoms with Gasteiger partial charge in [0.2, 0.25) is 5.91 Å². The summed E-state index contributed by atoms with van der Waals surface area (Å²) in [6, 6.07) is 5.61. The maximum Gasteiger partial charge on any atom is 0.249 e. The van der Waals surface area contributed by atoms with E-state index in [1.54, 1.807) is 7.11 Å². The molecule has 1 aromatic rings. The van der Waals surface area contributed by atoms with Crippen LogP contribution in [0.2, 0.25) is 0 Å². The highest BCUT2D eigenvalue weighted by Gasteiger charge is 2.30. The standard InChI is InChI=1S/C20H32N2O4.ClH/c1-13(2)9-10-25-17-7-5-15(11-19(17)24-4)14(3)22-20(23)18-8-6-16(12-21)26-18;/h5,7,11,13-14,16,18H,6,8-10,12,21H2,1-4H3,(H,22,23);1H/t14?,16-,18+;/m1./s1. The maximum atomic E-state index is 12.4. The quantitative estimate of drug-likeness (QED) is 0.665. The Morgan fingerprint density at radius 3 is 2.63 bits per heavy atom. The van der Waals surface area contributed by atoms with Crippen LogP contribution in [0.3, 0.4) is 0 Å². The lowest BCUT2D eigenvalue weighted by atomic mass is 10.1. The highest BCUT2D eigenvalue weighted by atomic mass is 35.5. The van der Waals surface area contributed by atoms with Crippen LogP contribution >= 0.6 is 12.4 Å². The molecule has 0 saturated carbocycles. The molecule has 1 fully saturated rings. The lowest BCUT2D eigenvalue weighted by Crippen LogP contribution is -2.37. The highest BCUT2D eigenvalue weighted by molar-refractivity contribution is 5.85. The first-order valence-electron chi connectivity index (χ1n) is 9.41. The molecular weight excluding hydrogens is 368 g/mol. The van der Waals surface area contributed by atoms with Crippen molar-refractivity contribution < 1.29 is 19.0 Å². The summed E-state index contributed by atoms with van der Waals surface area (Å²) in [5, 5.41) is 3.01. The Kier molecular flexibility index (Phi) is 9.91. The number of carbonyl (C=O) groups excluding carboxylic acids is 1. The van der Waals surface area contributed by atoms with E-state index in [4.69, 9.17) is 19.9 Å². The van der Waals surface area contributed by atoms with E-state index in [0.29, 0.717) is 31.2 Å². The van der Waals surface area contributed by atoms with Gasteiger partial charge in [-0.25, -0.2) is 0 Å². The summed E-state index contributed by atoms with van der Waals surface area (Å²) in [4.78, 5) is 12.4. The van der Waals surface area contributed by atoms with Crippen molar-refractivity contribution in [3.05, 3.63) is 23.8 Å². The summed E-state index contributed by atoms with van der Waals surface area (Å²) in [6.45, 7) is 7.38. The van der Waals surface area contributed by atoms with Crippen molar-refractivity contribution in [3.63, 3.8) is 0 Å². The van der Waals surface area contributed by atoms with E-state index >= 15 is 0 Å². The Hall–Kier alpha value is -1.50. The first-order chi connectivity index (χ1) is 12.4. The molecule has 3 atom stereocenters. The molecule has 1 heterocycles. The molecule has 0 spiro atoms. The molecule has 7 heteroatoms. The molecule has 1 saturated heterocycles. The van der Waals surface area contributed by atoms with Crippen LogP contribution in [0, 0.1) is 5.92 Å². The number of rotatable bonds is 9. The molecule has 2 rings (SSSR count). The number of nitrogens with two attached hydrogens (primary N) is 1. The molecule has 0 aromatic heterocycles. The van der Waals surface area contributed by atoms with Crippen molar-refractivity contribution in [2.45, 2.75) is 58.3 Å². The Bertz CT molecular complexity index is 597. The van der Waals surface area contributed by atoms with Crippen molar-refractivity contribution in [2.75, 3.05) is 20.3 Å². The number of methoxy groups -OCH3 is 1. The van der Waals surface area contributed by atoms with Crippen LogP contribution in [0.15, 0.2) is 18.2 Å². The second kappa shape index (κ2) is 11.4. The summed E-state index contributed by atoms with van der Waals surface area (Å²) >= 11 is 0. The molecule has 6 nitrogen and oxygen atoms in total. The van der Waals surface area contributed by atoms with Gasteiger partial charge in [0.05, 0.1) is 25.9 Å². The fraction of sp³-hybridized carbons (Fsp3) is 0.650. The van der Waals surface area contributed by atoms with Crippen molar-refractivity contribution in [3.8, 4) is 11.5 Å². The summed E-state index contributed by atoms with van der Waals surface area (Å²) in [6.07, 6.45) is 2.11. The van der Waals surface area contributed by atoms with Crippen LogP contribution < -0.4 is 20.5 Å². The largest absolute Gasteiger partial charge is 0.493 e. The van der Waals surface area contributed by atoms with Crippen LogP contribution in [-0.4, -0.2) is 38.4 Å². The number of hydrogen-bond donors (Lipinski definition) is 2. The van der Waals surface area contributed by atoms with E-state index in [1.165, 1.54) is 0 Å². The molecule has 1 aliphatic rings. The van der Waals surface area contributed by atoms with Gasteiger partial charge in [-0.15, -0.1) is 12.4 Å². The second-order valence-corrected chi connectivity index (χ2v) is 7.23. The van der Waals surface area contributed by atoms with Crippen molar-refractivity contribution in [1.82, 2.24) is 5.32 Å². The third-order valence-corrected chi connectivity index (χ3v) is 4.66. The first kappa shape index (κ1) is 23.5. The van der Waals surface area contributed by atoms with Gasteiger partial charge in [0.15, 0.2) is 11.5 Å². The molecule has 1 aromatic carbocycles. The van der Waals surface area contributed by atoms with Gasteiger partial charge < -0.3 is 25.3 Å². The summed E-state index contributed by atoms with van der Waals surface area (Å²) in [5.74, 6) is 1.89. The van der Waals surface area contributed by atoms with E-state index in [9.17, 15) is 4.79 Å². The monoisotopic (exact) mass is 400 g/mol. The number of nitrogens with one attached hydrogen (secondary N) is 1. The first-order valence-corrected chi connectivity index (χ1v) is 9.41. The Balaban J connectivity index is 0.00000364. The molecular formula is C20H33ClN2O4. The van der Waals surface area contributed by atoms with Gasteiger partial charge >= 0.3 is 0 Å². The molecule has 1 amide bonds. The minimum Gasteiger partial charge on any atom is -0.493 e. The summed E-state index contributed by atoms with van der Waals surface area (Å²) in [5.41, 5.74) is 6.56. The van der Waals surface area contributed by atoms with Gasteiger partial charge in [0.1, 0.15) is 6.10 Å². The Morgan fingerprint density at radius 1 is 1.30 bits per heavy atom. The smallest absolute Gasteiger partial charge is 0.249 e. The molecule has 0 bridgehead atoms. The normalized spacial score (nSPS) is 20.1. The molecule has 1 unspecified atom stereocenters. The molecule has 27 heavy (non-hydrogen) atoms. The number of amides is 1. The van der Waals surface area contributed by atoms with Gasteiger partial charge in [-0.1, -0.05) is 19.9 Å². The highest BCUT2D eigenvalue weighted by Crippen LogP contribution is 2.31. The third kappa shape index (κ3) is 6.87. The summed E-state index contributed by atoms with van der Waals surface area (Å²) < 4.78 is 16.9. The third-order valence-electron chi connectivity index (χ3n) is 4.66. The molecule has 3 N–H and O–H groups in total. The lowest BCUT2D eigenvalue weighted by Gasteiger charge is -2.19. The number of hydrogen-bond acceptors (Lipinski definition) is 5. The molecule has 0 radical (unpaired) electrons. The Labute approximate surface area is 168 Å².